The molecule has 3 rings (SSSR count). The minimum atomic E-state index is -0.442. The third kappa shape index (κ3) is 4.71. The van der Waals surface area contributed by atoms with Gasteiger partial charge in [0.05, 0.1) is 11.3 Å². The Morgan fingerprint density at radius 1 is 1.14 bits per heavy atom. The molecule has 6 nitrogen and oxygen atoms in total. The number of amides is 1. The Balaban J connectivity index is 1.88. The Bertz CT molecular complexity index is 1070. The van der Waals surface area contributed by atoms with Gasteiger partial charge in [0.15, 0.2) is 5.11 Å². The SMILES string of the molecule is CCn1cc(C(=O)NC(=S)Nc2ccc(Br)cc2)c(-c2ccccc2)nc1=O. The highest BCUT2D eigenvalue weighted by atomic mass is 79.9. The molecule has 2 aromatic carbocycles. The summed E-state index contributed by atoms with van der Waals surface area (Å²) in [6.07, 6.45) is 1.51. The van der Waals surface area contributed by atoms with Crippen LogP contribution in [-0.2, 0) is 6.54 Å². The van der Waals surface area contributed by atoms with E-state index < -0.39 is 11.6 Å². The van der Waals surface area contributed by atoms with Gasteiger partial charge in [0.1, 0.15) is 0 Å². The Hall–Kier alpha value is -2.84. The van der Waals surface area contributed by atoms with Gasteiger partial charge in [0.25, 0.3) is 5.91 Å². The maximum atomic E-state index is 12.9. The van der Waals surface area contributed by atoms with Crippen LogP contribution in [-0.4, -0.2) is 20.6 Å². The highest BCUT2D eigenvalue weighted by Crippen LogP contribution is 2.20. The fourth-order valence-corrected chi connectivity index (χ4v) is 3.04. The number of benzene rings is 2. The molecule has 0 bridgehead atoms. The van der Waals surface area contributed by atoms with Gasteiger partial charge in [-0.3, -0.25) is 14.7 Å². The first-order chi connectivity index (χ1) is 13.5. The second kappa shape index (κ2) is 8.90. The van der Waals surface area contributed by atoms with E-state index in [0.29, 0.717) is 17.8 Å². The number of halogens is 1. The molecule has 142 valence electrons. The number of nitrogens with zero attached hydrogens (tertiary/aromatic N) is 2. The van der Waals surface area contributed by atoms with Gasteiger partial charge < -0.3 is 5.32 Å². The van der Waals surface area contributed by atoms with E-state index in [-0.39, 0.29) is 10.7 Å². The summed E-state index contributed by atoms with van der Waals surface area (Å²) in [4.78, 5) is 29.2. The molecule has 0 aliphatic rings. The lowest BCUT2D eigenvalue weighted by molar-refractivity contribution is 0.0977. The van der Waals surface area contributed by atoms with Crippen LogP contribution in [0, 0.1) is 0 Å². The highest BCUT2D eigenvalue weighted by molar-refractivity contribution is 9.10. The number of hydrogen-bond donors (Lipinski definition) is 2. The molecular formula is C20H17BrN4O2S. The summed E-state index contributed by atoms with van der Waals surface area (Å²) in [6.45, 7) is 2.22. The fourth-order valence-electron chi connectivity index (χ4n) is 2.57. The molecule has 28 heavy (non-hydrogen) atoms. The van der Waals surface area contributed by atoms with Crippen molar-refractivity contribution in [2.24, 2.45) is 0 Å². The Morgan fingerprint density at radius 2 is 1.82 bits per heavy atom. The van der Waals surface area contributed by atoms with Gasteiger partial charge in [-0.05, 0) is 43.4 Å². The summed E-state index contributed by atoms with van der Waals surface area (Å²) in [5.41, 5.74) is 1.61. The van der Waals surface area contributed by atoms with Crippen LogP contribution in [0.25, 0.3) is 11.3 Å². The number of rotatable bonds is 4. The van der Waals surface area contributed by atoms with E-state index in [0.717, 1.165) is 10.2 Å². The van der Waals surface area contributed by atoms with Crippen LogP contribution in [0.1, 0.15) is 17.3 Å². The minimum absolute atomic E-state index is 0.153. The number of aromatic nitrogens is 2. The van der Waals surface area contributed by atoms with Crippen LogP contribution in [0.3, 0.4) is 0 Å². The normalized spacial score (nSPS) is 10.4. The Kier molecular flexibility index (Phi) is 6.33. The van der Waals surface area contributed by atoms with E-state index >= 15 is 0 Å². The maximum Gasteiger partial charge on any atom is 0.348 e. The van der Waals surface area contributed by atoms with Crippen LogP contribution < -0.4 is 16.3 Å². The summed E-state index contributed by atoms with van der Waals surface area (Å²) < 4.78 is 2.32. The van der Waals surface area contributed by atoms with Crippen molar-refractivity contribution >= 4 is 44.9 Å². The van der Waals surface area contributed by atoms with Gasteiger partial charge in [-0.15, -0.1) is 0 Å². The van der Waals surface area contributed by atoms with E-state index in [9.17, 15) is 9.59 Å². The average Bonchev–Trinajstić information content (AvgIpc) is 2.70. The number of carbonyl (C=O) groups is 1. The van der Waals surface area contributed by atoms with Crippen molar-refractivity contribution in [2.45, 2.75) is 13.5 Å². The van der Waals surface area contributed by atoms with Gasteiger partial charge in [-0.2, -0.15) is 4.98 Å². The van der Waals surface area contributed by atoms with Crippen molar-refractivity contribution in [3.05, 3.63) is 81.3 Å². The molecule has 3 aromatic rings. The van der Waals surface area contributed by atoms with Crippen molar-refractivity contribution in [3.63, 3.8) is 0 Å². The molecule has 1 amide bonds. The number of carbonyl (C=O) groups excluding carboxylic acids is 1. The van der Waals surface area contributed by atoms with Crippen LogP contribution in [0.15, 0.2) is 70.1 Å². The van der Waals surface area contributed by atoms with E-state index in [1.807, 2.05) is 49.4 Å². The minimum Gasteiger partial charge on any atom is -0.332 e. The van der Waals surface area contributed by atoms with Crippen LogP contribution in [0.2, 0.25) is 0 Å². The second-order valence-corrected chi connectivity index (χ2v) is 7.18. The smallest absolute Gasteiger partial charge is 0.332 e. The predicted octanol–water partition coefficient (Wildman–Crippen LogP) is 3.82. The molecule has 0 radical (unpaired) electrons. The standard InChI is InChI=1S/C20H17BrN4O2S/c1-2-25-12-16(17(23-20(25)27)13-6-4-3-5-7-13)18(26)24-19(28)22-15-10-8-14(21)9-11-15/h3-12H,2H2,1H3,(H2,22,24,26,28). The summed E-state index contributed by atoms with van der Waals surface area (Å²) in [5, 5.41) is 5.77. The third-order valence-electron chi connectivity index (χ3n) is 3.95. The van der Waals surface area contributed by atoms with Crippen molar-refractivity contribution in [1.82, 2.24) is 14.9 Å². The van der Waals surface area contributed by atoms with E-state index in [2.05, 4.69) is 31.5 Å². The molecule has 0 saturated carbocycles. The lowest BCUT2D eigenvalue weighted by Crippen LogP contribution is -2.36. The maximum absolute atomic E-state index is 12.9. The van der Waals surface area contributed by atoms with Crippen LogP contribution in [0.4, 0.5) is 5.69 Å². The van der Waals surface area contributed by atoms with Crippen LogP contribution >= 0.6 is 28.1 Å². The van der Waals surface area contributed by atoms with Gasteiger partial charge in [0, 0.05) is 28.5 Å². The third-order valence-corrected chi connectivity index (χ3v) is 4.69. The second-order valence-electron chi connectivity index (χ2n) is 5.85. The predicted molar refractivity (Wildman–Crippen MR) is 117 cm³/mol. The molecule has 0 unspecified atom stereocenters. The van der Waals surface area contributed by atoms with E-state index in [1.165, 1.54) is 10.8 Å². The number of aryl methyl sites for hydroxylation is 1. The largest absolute Gasteiger partial charge is 0.348 e. The van der Waals surface area contributed by atoms with Crippen molar-refractivity contribution in [1.29, 1.82) is 0 Å². The van der Waals surface area contributed by atoms with Gasteiger partial charge in [-0.25, -0.2) is 4.79 Å². The first kappa shape index (κ1) is 19.9. The number of anilines is 1. The lowest BCUT2D eigenvalue weighted by atomic mass is 10.1. The molecule has 0 aliphatic carbocycles. The van der Waals surface area contributed by atoms with E-state index in [4.69, 9.17) is 12.2 Å². The zero-order valence-corrected chi connectivity index (χ0v) is 17.4. The molecule has 1 heterocycles. The van der Waals surface area contributed by atoms with E-state index in [1.54, 1.807) is 12.1 Å². The van der Waals surface area contributed by atoms with Crippen molar-refractivity contribution < 1.29 is 4.79 Å². The van der Waals surface area contributed by atoms with Crippen LogP contribution in [0.5, 0.6) is 0 Å². The van der Waals surface area contributed by atoms with Gasteiger partial charge >= 0.3 is 5.69 Å². The molecule has 0 fully saturated rings. The number of nitrogens with one attached hydrogen (secondary N) is 2. The molecule has 0 aliphatic heterocycles. The topological polar surface area (TPSA) is 76.0 Å². The zero-order valence-electron chi connectivity index (χ0n) is 15.0. The molecule has 0 atom stereocenters. The average molecular weight is 457 g/mol. The van der Waals surface area contributed by atoms with Gasteiger partial charge in [-0.1, -0.05) is 46.3 Å². The van der Waals surface area contributed by atoms with Crippen molar-refractivity contribution in [3.8, 4) is 11.3 Å². The Labute approximate surface area is 175 Å². The summed E-state index contributed by atoms with van der Waals surface area (Å²) in [6, 6.07) is 16.5. The summed E-state index contributed by atoms with van der Waals surface area (Å²) in [7, 11) is 0. The number of hydrogen-bond acceptors (Lipinski definition) is 4. The molecule has 2 N–H and O–H groups in total. The summed E-state index contributed by atoms with van der Waals surface area (Å²) in [5.74, 6) is -0.442. The molecule has 0 spiro atoms. The quantitative estimate of drug-likeness (QED) is 0.583. The molecular weight excluding hydrogens is 440 g/mol. The van der Waals surface area contributed by atoms with Gasteiger partial charge in [0.2, 0.25) is 0 Å². The zero-order chi connectivity index (χ0) is 20.1. The lowest BCUT2D eigenvalue weighted by Gasteiger charge is -2.13. The van der Waals surface area contributed by atoms with Crippen molar-refractivity contribution in [2.75, 3.05) is 5.32 Å². The first-order valence-electron chi connectivity index (χ1n) is 8.52. The number of thiocarbonyl (C=S) groups is 1. The first-order valence-corrected chi connectivity index (χ1v) is 9.73. The fraction of sp³-hybridized carbons (Fsp3) is 0.100. The molecule has 0 saturated heterocycles. The molecule has 1 aromatic heterocycles. The highest BCUT2D eigenvalue weighted by Gasteiger charge is 2.18. The summed E-state index contributed by atoms with van der Waals surface area (Å²) >= 11 is 8.62. The Morgan fingerprint density at radius 3 is 2.46 bits per heavy atom. The molecule has 8 heteroatoms. The monoisotopic (exact) mass is 456 g/mol.